The van der Waals surface area contributed by atoms with E-state index in [1.54, 1.807) is 19.2 Å². The first-order chi connectivity index (χ1) is 10.2. The van der Waals surface area contributed by atoms with Gasteiger partial charge in [-0.15, -0.1) is 0 Å². The largest absolute Gasteiger partial charge is 0.491 e. The van der Waals surface area contributed by atoms with Crippen molar-refractivity contribution in [1.29, 1.82) is 0 Å². The summed E-state index contributed by atoms with van der Waals surface area (Å²) in [5.74, 6) is 3.19. The molecule has 4 heteroatoms. The number of halogens is 2. The molecule has 0 unspecified atom stereocenters. The molecule has 108 valence electrons. The molecular formula is C17H15F2NO. The molecule has 1 aromatic heterocycles. The number of hydrogen-bond donors (Lipinski definition) is 0. The topological polar surface area (TPSA) is 22.1 Å². The Hall–Kier alpha value is -2.41. The highest BCUT2D eigenvalue weighted by atomic mass is 19.2. The van der Waals surface area contributed by atoms with Crippen LogP contribution in [0.2, 0.25) is 0 Å². The van der Waals surface area contributed by atoms with E-state index < -0.39 is 11.6 Å². The predicted molar refractivity (Wildman–Crippen MR) is 77.1 cm³/mol. The lowest BCUT2D eigenvalue weighted by atomic mass is 10.1. The van der Waals surface area contributed by atoms with E-state index >= 15 is 0 Å². The number of rotatable bonds is 3. The third-order valence-corrected chi connectivity index (χ3v) is 2.90. The maximum Gasteiger partial charge on any atom is 0.201 e. The highest BCUT2D eigenvalue weighted by Crippen LogP contribution is 2.22. The van der Waals surface area contributed by atoms with E-state index in [0.717, 1.165) is 12.0 Å². The summed E-state index contributed by atoms with van der Waals surface area (Å²) in [6.07, 6.45) is 2.61. The molecule has 0 amide bonds. The van der Waals surface area contributed by atoms with Gasteiger partial charge in [0.15, 0.2) is 11.6 Å². The van der Waals surface area contributed by atoms with E-state index in [9.17, 15) is 8.78 Å². The van der Waals surface area contributed by atoms with Gasteiger partial charge >= 0.3 is 0 Å². The van der Waals surface area contributed by atoms with Crippen LogP contribution in [0, 0.1) is 23.5 Å². The molecule has 0 atom stereocenters. The highest BCUT2D eigenvalue weighted by molar-refractivity contribution is 5.44. The fourth-order valence-corrected chi connectivity index (χ4v) is 1.73. The first-order valence-electron chi connectivity index (χ1n) is 6.73. The van der Waals surface area contributed by atoms with Crippen LogP contribution in [0.15, 0.2) is 30.5 Å². The molecule has 0 spiro atoms. The third-order valence-electron chi connectivity index (χ3n) is 2.90. The van der Waals surface area contributed by atoms with Crippen molar-refractivity contribution in [3.63, 3.8) is 0 Å². The second-order valence-corrected chi connectivity index (χ2v) is 4.33. The van der Waals surface area contributed by atoms with Gasteiger partial charge in [0.25, 0.3) is 0 Å². The molecule has 2 nitrogen and oxygen atoms in total. The van der Waals surface area contributed by atoms with Crippen LogP contribution in [0.4, 0.5) is 8.78 Å². The maximum atomic E-state index is 13.8. The monoisotopic (exact) mass is 287 g/mol. The minimum absolute atomic E-state index is 0.0164. The van der Waals surface area contributed by atoms with Crippen molar-refractivity contribution < 1.29 is 13.5 Å². The molecule has 0 radical (unpaired) electrons. The standard InChI is InChI=1S/C17H15F2NO/c1-3-12-5-8-14(20-11-12)9-6-13-7-10-15(21-4-2)17(19)16(13)18/h5,7-8,10-11H,3-4H2,1-2H3. The summed E-state index contributed by atoms with van der Waals surface area (Å²) in [5.41, 5.74) is 1.59. The van der Waals surface area contributed by atoms with Crippen LogP contribution in [-0.4, -0.2) is 11.6 Å². The Kier molecular flexibility index (Phi) is 4.89. The lowest BCUT2D eigenvalue weighted by molar-refractivity contribution is 0.314. The quantitative estimate of drug-likeness (QED) is 0.803. The summed E-state index contributed by atoms with van der Waals surface area (Å²) < 4.78 is 32.5. The van der Waals surface area contributed by atoms with Gasteiger partial charge in [-0.2, -0.15) is 4.39 Å². The summed E-state index contributed by atoms with van der Waals surface area (Å²) in [6.45, 7) is 4.01. The fourth-order valence-electron chi connectivity index (χ4n) is 1.73. The summed E-state index contributed by atoms with van der Waals surface area (Å²) in [4.78, 5) is 4.15. The number of pyridine rings is 1. The van der Waals surface area contributed by atoms with Crippen molar-refractivity contribution in [2.75, 3.05) is 6.61 Å². The molecule has 0 bridgehead atoms. The van der Waals surface area contributed by atoms with Gasteiger partial charge in [-0.25, -0.2) is 9.37 Å². The number of aromatic nitrogens is 1. The Balaban J connectivity index is 2.27. The van der Waals surface area contributed by atoms with Crippen LogP contribution in [-0.2, 0) is 6.42 Å². The Bertz CT molecular complexity index is 684. The normalized spacial score (nSPS) is 9.90. The molecule has 21 heavy (non-hydrogen) atoms. The highest BCUT2D eigenvalue weighted by Gasteiger charge is 2.12. The first kappa shape index (κ1) is 15.0. The molecule has 0 fully saturated rings. The Labute approximate surface area is 122 Å². The second-order valence-electron chi connectivity index (χ2n) is 4.33. The molecule has 0 saturated heterocycles. The predicted octanol–water partition coefficient (Wildman–Crippen LogP) is 3.72. The SMILES string of the molecule is CCOc1ccc(C#Cc2ccc(CC)cn2)c(F)c1F. The third kappa shape index (κ3) is 3.57. The second kappa shape index (κ2) is 6.85. The van der Waals surface area contributed by atoms with Gasteiger partial charge in [0.2, 0.25) is 5.82 Å². The lowest BCUT2D eigenvalue weighted by Gasteiger charge is -2.05. The van der Waals surface area contributed by atoms with Crippen LogP contribution in [0.3, 0.4) is 0 Å². The van der Waals surface area contributed by atoms with E-state index in [0.29, 0.717) is 5.69 Å². The van der Waals surface area contributed by atoms with E-state index in [-0.39, 0.29) is 17.9 Å². The van der Waals surface area contributed by atoms with Gasteiger partial charge in [0.1, 0.15) is 5.69 Å². The number of aryl methyl sites for hydroxylation is 1. The molecule has 1 aromatic carbocycles. The molecule has 0 N–H and O–H groups in total. The number of benzene rings is 1. The lowest BCUT2D eigenvalue weighted by Crippen LogP contribution is -1.98. The molecule has 2 aromatic rings. The van der Waals surface area contributed by atoms with Gasteiger partial charge in [-0.3, -0.25) is 0 Å². The smallest absolute Gasteiger partial charge is 0.201 e. The Morgan fingerprint density at radius 2 is 1.86 bits per heavy atom. The zero-order valence-electron chi connectivity index (χ0n) is 11.9. The van der Waals surface area contributed by atoms with E-state index in [1.165, 1.54) is 12.1 Å². The van der Waals surface area contributed by atoms with E-state index in [2.05, 4.69) is 16.8 Å². The van der Waals surface area contributed by atoms with Crippen molar-refractivity contribution in [2.45, 2.75) is 20.3 Å². The van der Waals surface area contributed by atoms with Crippen LogP contribution in [0.25, 0.3) is 0 Å². The van der Waals surface area contributed by atoms with Crippen LogP contribution >= 0.6 is 0 Å². The first-order valence-corrected chi connectivity index (χ1v) is 6.73. The van der Waals surface area contributed by atoms with Gasteiger partial charge in [0.05, 0.1) is 12.2 Å². The summed E-state index contributed by atoms with van der Waals surface area (Å²) in [5, 5.41) is 0. The molecule has 0 saturated carbocycles. The summed E-state index contributed by atoms with van der Waals surface area (Å²) in [6, 6.07) is 6.44. The van der Waals surface area contributed by atoms with Crippen LogP contribution in [0.1, 0.15) is 30.7 Å². The van der Waals surface area contributed by atoms with Crippen molar-refractivity contribution in [3.8, 4) is 17.6 Å². The zero-order chi connectivity index (χ0) is 15.2. The van der Waals surface area contributed by atoms with Crippen molar-refractivity contribution in [1.82, 2.24) is 4.98 Å². The van der Waals surface area contributed by atoms with Gasteiger partial charge < -0.3 is 4.74 Å². The van der Waals surface area contributed by atoms with Gasteiger partial charge in [-0.05, 0) is 43.0 Å². The number of nitrogens with zero attached hydrogens (tertiary/aromatic N) is 1. The maximum absolute atomic E-state index is 13.8. The molecule has 0 aliphatic rings. The van der Waals surface area contributed by atoms with Gasteiger partial charge in [-0.1, -0.05) is 18.9 Å². The van der Waals surface area contributed by atoms with Crippen molar-refractivity contribution in [2.24, 2.45) is 0 Å². The molecule has 0 aliphatic carbocycles. The minimum atomic E-state index is -1.02. The van der Waals surface area contributed by atoms with Crippen LogP contribution < -0.4 is 4.74 Å². The number of ether oxygens (including phenoxy) is 1. The molecule has 0 aliphatic heterocycles. The molecular weight excluding hydrogens is 272 g/mol. The molecule has 1 heterocycles. The summed E-state index contributed by atoms with van der Waals surface area (Å²) in [7, 11) is 0. The van der Waals surface area contributed by atoms with Gasteiger partial charge in [0, 0.05) is 6.20 Å². The Morgan fingerprint density at radius 3 is 2.48 bits per heavy atom. The van der Waals surface area contributed by atoms with E-state index in [1.807, 2.05) is 13.0 Å². The molecule has 2 rings (SSSR count). The average Bonchev–Trinajstić information content (AvgIpc) is 2.52. The van der Waals surface area contributed by atoms with E-state index in [4.69, 9.17) is 4.74 Å². The minimum Gasteiger partial charge on any atom is -0.491 e. The van der Waals surface area contributed by atoms with Crippen molar-refractivity contribution >= 4 is 0 Å². The average molecular weight is 287 g/mol. The van der Waals surface area contributed by atoms with Crippen molar-refractivity contribution in [3.05, 3.63) is 58.9 Å². The Morgan fingerprint density at radius 1 is 1.05 bits per heavy atom. The van der Waals surface area contributed by atoms with Crippen LogP contribution in [0.5, 0.6) is 5.75 Å². The number of hydrogen-bond acceptors (Lipinski definition) is 2. The zero-order valence-corrected chi connectivity index (χ0v) is 11.9. The fraction of sp³-hybridized carbons (Fsp3) is 0.235. The summed E-state index contributed by atoms with van der Waals surface area (Å²) >= 11 is 0.